The Labute approximate surface area is 97.6 Å². The Bertz CT molecular complexity index is 414. The number of carbonyl (C=O) groups is 1. The lowest BCUT2D eigenvalue weighted by Gasteiger charge is -2.11. The zero-order chi connectivity index (χ0) is 12.5. The molecule has 1 unspecified atom stereocenters. The average molecular weight is 299 g/mol. The monoisotopic (exact) mass is 298 g/mol. The zero-order valence-electron chi connectivity index (χ0n) is 8.11. The van der Waals surface area contributed by atoms with Gasteiger partial charge in [0.2, 0.25) is 0 Å². The van der Waals surface area contributed by atoms with Gasteiger partial charge in [-0.1, -0.05) is 22.0 Å². The van der Waals surface area contributed by atoms with E-state index in [1.807, 2.05) is 0 Å². The van der Waals surface area contributed by atoms with Crippen LogP contribution in [0, 0.1) is 5.82 Å². The lowest BCUT2D eigenvalue weighted by molar-refractivity contribution is -0.140. The van der Waals surface area contributed by atoms with Crippen LogP contribution in [0.15, 0.2) is 18.2 Å². The molecule has 88 valence electrons. The molecule has 0 aliphatic heterocycles. The van der Waals surface area contributed by atoms with E-state index >= 15 is 0 Å². The first-order valence-corrected chi connectivity index (χ1v) is 5.16. The second-order valence-corrected chi connectivity index (χ2v) is 4.13. The molecule has 0 heterocycles. The van der Waals surface area contributed by atoms with Crippen molar-refractivity contribution in [2.24, 2.45) is 0 Å². The van der Waals surface area contributed by atoms with Gasteiger partial charge in [-0.3, -0.25) is 4.79 Å². The summed E-state index contributed by atoms with van der Waals surface area (Å²) in [4.78, 5) is 10.2. The van der Waals surface area contributed by atoms with Crippen LogP contribution in [0.1, 0.15) is 22.9 Å². The molecule has 0 N–H and O–H groups in total. The van der Waals surface area contributed by atoms with E-state index in [1.165, 1.54) is 6.92 Å². The number of Topliss-reactive ketones (excluding diaryl/α,β-unsaturated/α-hetero) is 1. The SMILES string of the molecule is CC(=O)C(Br)c1ccc(C(F)(F)F)c(F)c1. The molecule has 0 bridgehead atoms. The van der Waals surface area contributed by atoms with Gasteiger partial charge in [0.1, 0.15) is 11.6 Å². The quantitative estimate of drug-likeness (QED) is 0.598. The molecule has 0 aliphatic carbocycles. The first-order chi connectivity index (χ1) is 7.23. The molecule has 1 aromatic carbocycles. The first-order valence-electron chi connectivity index (χ1n) is 4.24. The maximum atomic E-state index is 13.1. The third-order valence-corrected chi connectivity index (χ3v) is 3.12. The fourth-order valence-electron chi connectivity index (χ4n) is 1.15. The Hall–Kier alpha value is -0.910. The Kier molecular flexibility index (Phi) is 3.72. The summed E-state index contributed by atoms with van der Waals surface area (Å²) in [5, 5.41) is 0. The van der Waals surface area contributed by atoms with Crippen molar-refractivity contribution in [3.63, 3.8) is 0 Å². The van der Waals surface area contributed by atoms with Gasteiger partial charge >= 0.3 is 6.18 Å². The summed E-state index contributed by atoms with van der Waals surface area (Å²) in [6.07, 6.45) is -4.72. The minimum atomic E-state index is -4.72. The Morgan fingerprint density at radius 3 is 2.31 bits per heavy atom. The number of ketones is 1. The summed E-state index contributed by atoms with van der Waals surface area (Å²) in [6.45, 7) is 1.26. The molecule has 0 amide bonds. The van der Waals surface area contributed by atoms with E-state index in [0.29, 0.717) is 12.1 Å². The molecule has 0 fully saturated rings. The minimum Gasteiger partial charge on any atom is -0.298 e. The number of alkyl halides is 4. The number of halogens is 5. The number of carbonyl (C=O) groups excluding carboxylic acids is 1. The molecule has 1 atom stereocenters. The van der Waals surface area contributed by atoms with Crippen molar-refractivity contribution in [1.29, 1.82) is 0 Å². The molecule has 0 saturated heterocycles. The molecule has 1 nitrogen and oxygen atoms in total. The van der Waals surface area contributed by atoms with E-state index in [1.54, 1.807) is 0 Å². The largest absolute Gasteiger partial charge is 0.419 e. The average Bonchev–Trinajstić information content (AvgIpc) is 2.14. The third-order valence-electron chi connectivity index (χ3n) is 1.95. The Morgan fingerprint density at radius 1 is 1.38 bits per heavy atom. The first kappa shape index (κ1) is 13.2. The summed E-state index contributed by atoms with van der Waals surface area (Å²) in [5.41, 5.74) is -1.17. The molecule has 1 rings (SSSR count). The lowest BCUT2D eigenvalue weighted by Crippen LogP contribution is -2.09. The van der Waals surface area contributed by atoms with E-state index in [0.717, 1.165) is 6.07 Å². The lowest BCUT2D eigenvalue weighted by atomic mass is 10.1. The summed E-state index contributed by atoms with van der Waals surface area (Å²) in [6, 6.07) is 2.41. The van der Waals surface area contributed by atoms with Crippen LogP contribution in [0.25, 0.3) is 0 Å². The maximum absolute atomic E-state index is 13.1. The van der Waals surface area contributed by atoms with Crippen LogP contribution in [-0.4, -0.2) is 5.78 Å². The second kappa shape index (κ2) is 4.53. The van der Waals surface area contributed by atoms with Crippen LogP contribution in [0.4, 0.5) is 17.6 Å². The van der Waals surface area contributed by atoms with Gasteiger partial charge < -0.3 is 0 Å². The molecule has 0 aromatic heterocycles. The van der Waals surface area contributed by atoms with Crippen molar-refractivity contribution in [2.75, 3.05) is 0 Å². The zero-order valence-corrected chi connectivity index (χ0v) is 9.69. The van der Waals surface area contributed by atoms with Gasteiger partial charge in [-0.25, -0.2) is 4.39 Å². The smallest absolute Gasteiger partial charge is 0.298 e. The predicted octanol–water partition coefficient (Wildman–Crippen LogP) is 3.87. The van der Waals surface area contributed by atoms with E-state index in [2.05, 4.69) is 15.9 Å². The van der Waals surface area contributed by atoms with Gasteiger partial charge in [0.15, 0.2) is 0 Å². The Morgan fingerprint density at radius 2 is 1.94 bits per heavy atom. The van der Waals surface area contributed by atoms with Crippen molar-refractivity contribution in [2.45, 2.75) is 17.9 Å². The molecule has 1 aromatic rings. The van der Waals surface area contributed by atoms with Crippen LogP contribution in [0.2, 0.25) is 0 Å². The van der Waals surface area contributed by atoms with Crippen LogP contribution in [0.5, 0.6) is 0 Å². The molecule has 0 spiro atoms. The van der Waals surface area contributed by atoms with E-state index in [9.17, 15) is 22.4 Å². The fourth-order valence-corrected chi connectivity index (χ4v) is 1.44. The van der Waals surface area contributed by atoms with Crippen LogP contribution in [-0.2, 0) is 11.0 Å². The Balaban J connectivity index is 3.14. The molecular formula is C10H7BrF4O. The normalized spacial score (nSPS) is 13.6. The fraction of sp³-hybridized carbons (Fsp3) is 0.300. The molecular weight excluding hydrogens is 292 g/mol. The highest BCUT2D eigenvalue weighted by Crippen LogP contribution is 2.33. The number of rotatable bonds is 2. The molecule has 0 aliphatic rings. The number of hydrogen-bond acceptors (Lipinski definition) is 1. The van der Waals surface area contributed by atoms with Crippen molar-refractivity contribution in [1.82, 2.24) is 0 Å². The molecule has 0 radical (unpaired) electrons. The van der Waals surface area contributed by atoms with Crippen LogP contribution in [0.3, 0.4) is 0 Å². The van der Waals surface area contributed by atoms with Crippen molar-refractivity contribution in [3.05, 3.63) is 35.1 Å². The van der Waals surface area contributed by atoms with Crippen molar-refractivity contribution < 1.29 is 22.4 Å². The third kappa shape index (κ3) is 2.81. The van der Waals surface area contributed by atoms with Gasteiger partial charge in [0.05, 0.1) is 10.4 Å². The highest BCUT2D eigenvalue weighted by molar-refractivity contribution is 9.09. The van der Waals surface area contributed by atoms with E-state index in [-0.39, 0.29) is 11.3 Å². The minimum absolute atomic E-state index is 0.165. The van der Waals surface area contributed by atoms with E-state index < -0.39 is 22.4 Å². The van der Waals surface area contributed by atoms with Gasteiger partial charge in [-0.15, -0.1) is 0 Å². The van der Waals surface area contributed by atoms with Gasteiger partial charge in [0, 0.05) is 0 Å². The maximum Gasteiger partial charge on any atom is 0.419 e. The van der Waals surface area contributed by atoms with Gasteiger partial charge in [0.25, 0.3) is 0 Å². The number of hydrogen-bond donors (Lipinski definition) is 0. The van der Waals surface area contributed by atoms with Crippen molar-refractivity contribution in [3.8, 4) is 0 Å². The molecule has 6 heteroatoms. The van der Waals surface area contributed by atoms with E-state index in [4.69, 9.17) is 0 Å². The van der Waals surface area contributed by atoms with Crippen LogP contribution < -0.4 is 0 Å². The van der Waals surface area contributed by atoms with Crippen molar-refractivity contribution >= 4 is 21.7 Å². The molecule has 0 saturated carbocycles. The second-order valence-electron chi connectivity index (χ2n) is 3.21. The van der Waals surface area contributed by atoms with Gasteiger partial charge in [-0.2, -0.15) is 13.2 Å². The van der Waals surface area contributed by atoms with Gasteiger partial charge in [-0.05, 0) is 24.6 Å². The highest BCUT2D eigenvalue weighted by Gasteiger charge is 2.34. The van der Waals surface area contributed by atoms with Crippen LogP contribution >= 0.6 is 15.9 Å². The molecule has 16 heavy (non-hydrogen) atoms. The topological polar surface area (TPSA) is 17.1 Å². The predicted molar refractivity (Wildman–Crippen MR) is 53.8 cm³/mol. The summed E-state index contributed by atoms with van der Waals surface area (Å²) < 4.78 is 49.8. The number of benzene rings is 1. The summed E-state index contributed by atoms with van der Waals surface area (Å²) >= 11 is 2.96. The standard InChI is InChI=1S/C10H7BrF4O/c1-5(16)9(11)6-2-3-7(8(12)4-6)10(13,14)15/h2-4,9H,1H3. The highest BCUT2D eigenvalue weighted by atomic mass is 79.9. The summed E-state index contributed by atoms with van der Waals surface area (Å²) in [7, 11) is 0. The summed E-state index contributed by atoms with van der Waals surface area (Å²) in [5.74, 6) is -1.69.